The Morgan fingerprint density at radius 3 is 2.32 bits per heavy atom. The highest BCUT2D eigenvalue weighted by Crippen LogP contribution is 2.21. The highest BCUT2D eigenvalue weighted by molar-refractivity contribution is 7.99. The zero-order valence-electron chi connectivity index (χ0n) is 16.9. The molecule has 0 spiro atoms. The fraction of sp³-hybridized carbons (Fsp3) is 0.364. The van der Waals surface area contributed by atoms with Gasteiger partial charge < -0.3 is 15.0 Å². The van der Waals surface area contributed by atoms with Gasteiger partial charge in [0, 0.05) is 30.7 Å². The van der Waals surface area contributed by atoms with E-state index in [1.54, 1.807) is 37.7 Å². The number of hydrogen-bond donors (Lipinski definition) is 1. The molecule has 1 atom stereocenters. The van der Waals surface area contributed by atoms with E-state index in [1.165, 1.54) is 5.56 Å². The molecule has 28 heavy (non-hydrogen) atoms. The van der Waals surface area contributed by atoms with Gasteiger partial charge in [0.25, 0.3) is 0 Å². The molecule has 0 radical (unpaired) electrons. The summed E-state index contributed by atoms with van der Waals surface area (Å²) in [5, 5.41) is 2.63. The number of nitrogens with zero attached hydrogens (tertiary/aromatic N) is 1. The molecule has 6 heteroatoms. The first-order valence-electron chi connectivity index (χ1n) is 9.28. The SMILES string of the molecule is CNC(=O)[C@H](C)N(Cc1ccc(OC)cc1)C(=O)CCSc1ccc(C)cc1. The van der Waals surface area contributed by atoms with Crippen LogP contribution < -0.4 is 10.1 Å². The number of aryl methyl sites for hydroxylation is 1. The van der Waals surface area contributed by atoms with Crippen LogP contribution in [0.4, 0.5) is 0 Å². The Bertz CT molecular complexity index is 775. The number of ether oxygens (including phenoxy) is 1. The summed E-state index contributed by atoms with van der Waals surface area (Å²) >= 11 is 1.65. The largest absolute Gasteiger partial charge is 0.497 e. The normalized spacial score (nSPS) is 11.6. The average molecular weight is 401 g/mol. The number of benzene rings is 2. The van der Waals surface area contributed by atoms with Crippen LogP contribution in [0.3, 0.4) is 0 Å². The van der Waals surface area contributed by atoms with Gasteiger partial charge in [0.15, 0.2) is 0 Å². The van der Waals surface area contributed by atoms with Gasteiger partial charge in [-0.2, -0.15) is 0 Å². The molecule has 0 aromatic heterocycles. The van der Waals surface area contributed by atoms with Crippen molar-refractivity contribution in [2.24, 2.45) is 0 Å². The van der Waals surface area contributed by atoms with Crippen LogP contribution >= 0.6 is 11.8 Å². The lowest BCUT2D eigenvalue weighted by Gasteiger charge is -2.28. The maximum absolute atomic E-state index is 12.9. The first kappa shape index (κ1) is 21.8. The Kier molecular flexibility index (Phi) is 8.39. The van der Waals surface area contributed by atoms with E-state index in [0.29, 0.717) is 18.7 Å². The molecule has 0 saturated carbocycles. The van der Waals surface area contributed by atoms with Gasteiger partial charge in [-0.1, -0.05) is 29.8 Å². The Balaban J connectivity index is 2.02. The maximum Gasteiger partial charge on any atom is 0.242 e. The second-order valence-corrected chi connectivity index (χ2v) is 7.74. The highest BCUT2D eigenvalue weighted by atomic mass is 32.2. The molecule has 5 nitrogen and oxygen atoms in total. The molecule has 2 amide bonds. The van der Waals surface area contributed by atoms with E-state index in [0.717, 1.165) is 16.2 Å². The molecule has 0 heterocycles. The monoisotopic (exact) mass is 400 g/mol. The van der Waals surface area contributed by atoms with Crippen molar-refractivity contribution in [1.29, 1.82) is 0 Å². The van der Waals surface area contributed by atoms with Gasteiger partial charge >= 0.3 is 0 Å². The predicted molar refractivity (Wildman–Crippen MR) is 114 cm³/mol. The second kappa shape index (κ2) is 10.8. The molecular weight excluding hydrogens is 372 g/mol. The lowest BCUT2D eigenvalue weighted by Crippen LogP contribution is -2.46. The standard InChI is InChI=1S/C22H28N2O3S/c1-16-5-11-20(12-6-16)28-14-13-21(25)24(17(2)22(26)23-3)15-18-7-9-19(27-4)10-8-18/h5-12,17H,13-15H2,1-4H3,(H,23,26)/t17-/m0/s1. The fourth-order valence-corrected chi connectivity index (χ4v) is 3.59. The van der Waals surface area contributed by atoms with Gasteiger partial charge in [0.1, 0.15) is 11.8 Å². The quantitative estimate of drug-likeness (QED) is 0.653. The Morgan fingerprint density at radius 2 is 1.75 bits per heavy atom. The van der Waals surface area contributed by atoms with Crippen LogP contribution in [0.25, 0.3) is 0 Å². The molecule has 2 aromatic carbocycles. The lowest BCUT2D eigenvalue weighted by molar-refractivity contribution is -0.140. The van der Waals surface area contributed by atoms with E-state index in [9.17, 15) is 9.59 Å². The van der Waals surface area contributed by atoms with Crippen molar-refractivity contribution in [3.63, 3.8) is 0 Å². The van der Waals surface area contributed by atoms with Crippen molar-refractivity contribution in [3.8, 4) is 5.75 Å². The van der Waals surface area contributed by atoms with Gasteiger partial charge in [-0.15, -0.1) is 11.8 Å². The van der Waals surface area contributed by atoms with Gasteiger partial charge in [-0.05, 0) is 43.7 Å². The zero-order chi connectivity index (χ0) is 20.5. The summed E-state index contributed by atoms with van der Waals surface area (Å²) in [4.78, 5) is 27.8. The molecule has 0 bridgehead atoms. The van der Waals surface area contributed by atoms with Crippen molar-refractivity contribution in [3.05, 3.63) is 59.7 Å². The minimum atomic E-state index is -0.538. The summed E-state index contributed by atoms with van der Waals surface area (Å²) in [7, 11) is 3.20. The number of thioether (sulfide) groups is 1. The molecule has 2 aromatic rings. The molecule has 0 unspecified atom stereocenters. The molecule has 0 aliphatic heterocycles. The van der Waals surface area contributed by atoms with Gasteiger partial charge in [-0.3, -0.25) is 9.59 Å². The molecule has 150 valence electrons. The predicted octanol–water partition coefficient (Wildman–Crippen LogP) is 3.65. The van der Waals surface area contributed by atoms with Crippen LogP contribution in [0.2, 0.25) is 0 Å². The first-order valence-corrected chi connectivity index (χ1v) is 10.3. The number of methoxy groups -OCH3 is 1. The summed E-state index contributed by atoms with van der Waals surface area (Å²) < 4.78 is 5.18. The van der Waals surface area contributed by atoms with Crippen molar-refractivity contribution in [1.82, 2.24) is 10.2 Å². The van der Waals surface area contributed by atoms with Crippen LogP contribution in [-0.4, -0.2) is 42.7 Å². The summed E-state index contributed by atoms with van der Waals surface area (Å²) in [6, 6.07) is 15.3. The van der Waals surface area contributed by atoms with Gasteiger partial charge in [0.2, 0.25) is 11.8 Å². The summed E-state index contributed by atoms with van der Waals surface area (Å²) in [6.45, 7) is 4.19. The van der Waals surface area contributed by atoms with E-state index < -0.39 is 6.04 Å². The topological polar surface area (TPSA) is 58.6 Å². The summed E-state index contributed by atoms with van der Waals surface area (Å²) in [6.07, 6.45) is 0.371. The van der Waals surface area contributed by atoms with Gasteiger partial charge in [0.05, 0.1) is 7.11 Å². The Morgan fingerprint density at radius 1 is 1.11 bits per heavy atom. The molecule has 0 fully saturated rings. The van der Waals surface area contributed by atoms with Crippen LogP contribution in [0.15, 0.2) is 53.4 Å². The van der Waals surface area contributed by atoms with Crippen LogP contribution in [0.5, 0.6) is 5.75 Å². The zero-order valence-corrected chi connectivity index (χ0v) is 17.7. The molecule has 2 rings (SSSR count). The number of hydrogen-bond acceptors (Lipinski definition) is 4. The van der Waals surface area contributed by atoms with Gasteiger partial charge in [-0.25, -0.2) is 0 Å². The Hall–Kier alpha value is -2.47. The minimum absolute atomic E-state index is 0.0356. The van der Waals surface area contributed by atoms with Crippen molar-refractivity contribution in [2.75, 3.05) is 19.9 Å². The van der Waals surface area contributed by atoms with Crippen molar-refractivity contribution in [2.45, 2.75) is 37.8 Å². The van der Waals surface area contributed by atoms with E-state index in [1.807, 2.05) is 24.3 Å². The van der Waals surface area contributed by atoms with Crippen LogP contribution in [-0.2, 0) is 16.1 Å². The van der Waals surface area contributed by atoms with Crippen molar-refractivity contribution < 1.29 is 14.3 Å². The second-order valence-electron chi connectivity index (χ2n) is 6.57. The third kappa shape index (κ3) is 6.30. The Labute approximate surface area is 171 Å². The molecule has 0 aliphatic carbocycles. The number of amides is 2. The van der Waals surface area contributed by atoms with E-state index in [-0.39, 0.29) is 11.8 Å². The molecular formula is C22H28N2O3S. The molecule has 0 saturated heterocycles. The molecule has 0 aliphatic rings. The third-order valence-electron chi connectivity index (χ3n) is 4.53. The van der Waals surface area contributed by atoms with Crippen LogP contribution in [0, 0.1) is 6.92 Å². The van der Waals surface area contributed by atoms with E-state index in [4.69, 9.17) is 4.74 Å². The number of carbonyl (C=O) groups excluding carboxylic acids is 2. The average Bonchev–Trinajstić information content (AvgIpc) is 2.72. The lowest BCUT2D eigenvalue weighted by atomic mass is 10.1. The highest BCUT2D eigenvalue weighted by Gasteiger charge is 2.25. The minimum Gasteiger partial charge on any atom is -0.497 e. The van der Waals surface area contributed by atoms with Crippen molar-refractivity contribution >= 4 is 23.6 Å². The summed E-state index contributed by atoms with van der Waals surface area (Å²) in [5.74, 6) is 1.22. The number of carbonyl (C=O) groups is 2. The smallest absolute Gasteiger partial charge is 0.242 e. The van der Waals surface area contributed by atoms with Crippen LogP contribution in [0.1, 0.15) is 24.5 Å². The number of likely N-dealkylation sites (N-methyl/N-ethyl adjacent to an activating group) is 1. The first-order chi connectivity index (χ1) is 13.4. The molecule has 1 N–H and O–H groups in total. The third-order valence-corrected chi connectivity index (χ3v) is 5.55. The van der Waals surface area contributed by atoms with E-state index >= 15 is 0 Å². The maximum atomic E-state index is 12.9. The summed E-state index contributed by atoms with van der Waals surface area (Å²) in [5.41, 5.74) is 2.17. The van der Waals surface area contributed by atoms with E-state index in [2.05, 4.69) is 36.5 Å². The number of rotatable bonds is 9. The fourth-order valence-electron chi connectivity index (χ4n) is 2.75. The number of nitrogens with one attached hydrogen (secondary N) is 1.